The standard InChI is InChI=1S/C26H26N2O4/c1-17-6-3-8-19(14-17)25(29)28-24(16-21-9-5-13-32-21)26(30)27-23-10-4-7-18-15-20(31-2)11-12-22(18)23/h3,5-6,8-9,11-16,23H,4,7,10H2,1-2H3,(H,27,30)(H,28,29)/b24-16-/t23-/m1/s1. The molecule has 0 saturated heterocycles. The van der Waals surface area contributed by atoms with Crippen molar-refractivity contribution in [1.82, 2.24) is 10.6 Å². The largest absolute Gasteiger partial charge is 0.497 e. The highest BCUT2D eigenvalue weighted by molar-refractivity contribution is 6.05. The molecular weight excluding hydrogens is 404 g/mol. The molecule has 0 spiro atoms. The summed E-state index contributed by atoms with van der Waals surface area (Å²) in [7, 11) is 1.65. The van der Waals surface area contributed by atoms with Gasteiger partial charge in [-0.05, 0) is 73.7 Å². The predicted octanol–water partition coefficient (Wildman–Crippen LogP) is 4.56. The number of carbonyl (C=O) groups is 2. The lowest BCUT2D eigenvalue weighted by atomic mass is 9.87. The Hall–Kier alpha value is -3.80. The number of hydrogen-bond acceptors (Lipinski definition) is 4. The van der Waals surface area contributed by atoms with Crippen LogP contribution in [0.2, 0.25) is 0 Å². The number of nitrogens with one attached hydrogen (secondary N) is 2. The Balaban J connectivity index is 1.57. The first-order chi connectivity index (χ1) is 15.5. The van der Waals surface area contributed by atoms with Crippen molar-refractivity contribution in [2.45, 2.75) is 32.2 Å². The van der Waals surface area contributed by atoms with Gasteiger partial charge in [-0.15, -0.1) is 0 Å². The second-order valence-corrected chi connectivity index (χ2v) is 7.88. The van der Waals surface area contributed by atoms with E-state index in [0.29, 0.717) is 11.3 Å². The number of amides is 2. The number of hydrogen-bond donors (Lipinski definition) is 2. The molecule has 1 aliphatic carbocycles. The van der Waals surface area contributed by atoms with Crippen LogP contribution in [0.3, 0.4) is 0 Å². The highest BCUT2D eigenvalue weighted by Gasteiger charge is 2.24. The number of methoxy groups -OCH3 is 1. The Morgan fingerprint density at radius 3 is 2.75 bits per heavy atom. The van der Waals surface area contributed by atoms with Crippen LogP contribution < -0.4 is 15.4 Å². The van der Waals surface area contributed by atoms with Gasteiger partial charge in [-0.2, -0.15) is 0 Å². The van der Waals surface area contributed by atoms with E-state index < -0.39 is 0 Å². The highest BCUT2D eigenvalue weighted by Crippen LogP contribution is 2.32. The van der Waals surface area contributed by atoms with Crippen molar-refractivity contribution >= 4 is 17.9 Å². The van der Waals surface area contributed by atoms with Crippen LogP contribution in [-0.2, 0) is 11.2 Å². The molecule has 0 saturated carbocycles. The molecule has 1 atom stereocenters. The van der Waals surface area contributed by atoms with Crippen molar-refractivity contribution in [1.29, 1.82) is 0 Å². The number of benzene rings is 2. The summed E-state index contributed by atoms with van der Waals surface area (Å²) in [6, 6.07) is 16.5. The topological polar surface area (TPSA) is 80.6 Å². The lowest BCUT2D eigenvalue weighted by Crippen LogP contribution is -2.37. The molecule has 2 aromatic carbocycles. The first kappa shape index (κ1) is 21.4. The van der Waals surface area contributed by atoms with Crippen LogP contribution in [0.4, 0.5) is 0 Å². The van der Waals surface area contributed by atoms with Crippen LogP contribution in [0.15, 0.2) is 71.0 Å². The van der Waals surface area contributed by atoms with Gasteiger partial charge in [0.05, 0.1) is 19.4 Å². The van der Waals surface area contributed by atoms with E-state index in [1.54, 1.807) is 37.5 Å². The Morgan fingerprint density at radius 2 is 2.00 bits per heavy atom. The van der Waals surface area contributed by atoms with Gasteiger partial charge in [0.25, 0.3) is 11.8 Å². The number of carbonyl (C=O) groups excluding carboxylic acids is 2. The van der Waals surface area contributed by atoms with Crippen LogP contribution >= 0.6 is 0 Å². The minimum Gasteiger partial charge on any atom is -0.497 e. The molecule has 1 aromatic heterocycles. The van der Waals surface area contributed by atoms with E-state index in [1.807, 2.05) is 37.3 Å². The molecular formula is C26H26N2O4. The minimum atomic E-state index is -0.365. The molecule has 1 aliphatic rings. The normalized spacial score (nSPS) is 15.6. The van der Waals surface area contributed by atoms with Gasteiger partial charge >= 0.3 is 0 Å². The maximum Gasteiger partial charge on any atom is 0.268 e. The zero-order valence-electron chi connectivity index (χ0n) is 18.2. The molecule has 3 aromatic rings. The first-order valence-electron chi connectivity index (χ1n) is 10.6. The molecule has 4 rings (SSSR count). The lowest BCUT2D eigenvalue weighted by Gasteiger charge is -2.27. The van der Waals surface area contributed by atoms with Gasteiger partial charge in [-0.1, -0.05) is 23.8 Å². The third-order valence-electron chi connectivity index (χ3n) is 5.57. The zero-order valence-corrected chi connectivity index (χ0v) is 18.2. The number of furan rings is 1. The Kier molecular flexibility index (Phi) is 6.40. The zero-order chi connectivity index (χ0) is 22.5. The van der Waals surface area contributed by atoms with E-state index in [9.17, 15) is 9.59 Å². The molecule has 2 amide bonds. The van der Waals surface area contributed by atoms with Crippen molar-refractivity contribution < 1.29 is 18.7 Å². The van der Waals surface area contributed by atoms with Gasteiger partial charge in [0, 0.05) is 11.6 Å². The summed E-state index contributed by atoms with van der Waals surface area (Å²) >= 11 is 0. The molecule has 6 heteroatoms. The smallest absolute Gasteiger partial charge is 0.268 e. The highest BCUT2D eigenvalue weighted by atomic mass is 16.5. The van der Waals surface area contributed by atoms with Crippen molar-refractivity contribution in [3.8, 4) is 5.75 Å². The monoisotopic (exact) mass is 430 g/mol. The van der Waals surface area contributed by atoms with Crippen molar-refractivity contribution in [2.24, 2.45) is 0 Å². The van der Waals surface area contributed by atoms with Gasteiger partial charge in [0.2, 0.25) is 0 Å². The molecule has 0 radical (unpaired) electrons. The third-order valence-corrected chi connectivity index (χ3v) is 5.57. The summed E-state index contributed by atoms with van der Waals surface area (Å²) in [5.41, 5.74) is 3.83. The fraction of sp³-hybridized carbons (Fsp3) is 0.231. The quantitative estimate of drug-likeness (QED) is 0.562. The van der Waals surface area contributed by atoms with Gasteiger partial charge in [0.15, 0.2) is 0 Å². The molecule has 0 aliphatic heterocycles. The van der Waals surface area contributed by atoms with Crippen LogP contribution in [0, 0.1) is 6.92 Å². The fourth-order valence-electron chi connectivity index (χ4n) is 3.96. The molecule has 32 heavy (non-hydrogen) atoms. The first-order valence-corrected chi connectivity index (χ1v) is 10.6. The predicted molar refractivity (Wildman–Crippen MR) is 122 cm³/mol. The Bertz CT molecular complexity index is 1150. The molecule has 164 valence electrons. The molecule has 6 nitrogen and oxygen atoms in total. The van der Waals surface area contributed by atoms with Gasteiger partial charge in [0.1, 0.15) is 17.2 Å². The average Bonchev–Trinajstić information content (AvgIpc) is 3.31. The summed E-state index contributed by atoms with van der Waals surface area (Å²) in [5.74, 6) is 0.569. The van der Waals surface area contributed by atoms with Gasteiger partial charge in [-0.3, -0.25) is 9.59 Å². The van der Waals surface area contributed by atoms with Crippen molar-refractivity contribution in [3.63, 3.8) is 0 Å². The molecule has 0 bridgehead atoms. The number of aryl methyl sites for hydroxylation is 2. The van der Waals surface area contributed by atoms with E-state index >= 15 is 0 Å². The summed E-state index contributed by atoms with van der Waals surface area (Å²) in [5, 5.41) is 5.85. The Morgan fingerprint density at radius 1 is 1.12 bits per heavy atom. The van der Waals surface area contributed by atoms with E-state index in [4.69, 9.17) is 9.15 Å². The van der Waals surface area contributed by atoms with Crippen molar-refractivity contribution in [3.05, 3.63) is 94.6 Å². The maximum absolute atomic E-state index is 13.2. The molecule has 0 unspecified atom stereocenters. The van der Waals surface area contributed by atoms with E-state index in [0.717, 1.165) is 36.1 Å². The van der Waals surface area contributed by atoms with Crippen LogP contribution in [0.25, 0.3) is 6.08 Å². The number of rotatable bonds is 6. The lowest BCUT2D eigenvalue weighted by molar-refractivity contribution is -0.118. The molecule has 0 fully saturated rings. The second-order valence-electron chi connectivity index (χ2n) is 7.88. The third kappa shape index (κ3) is 4.91. The summed E-state index contributed by atoms with van der Waals surface area (Å²) < 4.78 is 10.7. The number of fused-ring (bicyclic) bond motifs is 1. The van der Waals surface area contributed by atoms with Crippen LogP contribution in [-0.4, -0.2) is 18.9 Å². The fourth-order valence-corrected chi connectivity index (χ4v) is 3.96. The summed E-state index contributed by atoms with van der Waals surface area (Å²) in [4.78, 5) is 26.1. The van der Waals surface area contributed by atoms with Crippen molar-refractivity contribution in [2.75, 3.05) is 7.11 Å². The number of ether oxygens (including phenoxy) is 1. The molecule has 1 heterocycles. The van der Waals surface area contributed by atoms with Gasteiger partial charge < -0.3 is 19.8 Å². The van der Waals surface area contributed by atoms with E-state index in [2.05, 4.69) is 10.6 Å². The maximum atomic E-state index is 13.2. The summed E-state index contributed by atoms with van der Waals surface area (Å²) in [6.07, 6.45) is 5.79. The minimum absolute atomic E-state index is 0.132. The SMILES string of the molecule is COc1ccc2c(c1)CCC[C@H]2NC(=O)/C(=C/c1ccco1)NC(=O)c1cccc(C)c1. The van der Waals surface area contributed by atoms with Crippen LogP contribution in [0.1, 0.15) is 51.7 Å². The van der Waals surface area contributed by atoms with E-state index in [1.165, 1.54) is 11.8 Å². The average molecular weight is 431 g/mol. The van der Waals surface area contributed by atoms with Crippen LogP contribution in [0.5, 0.6) is 5.75 Å². The molecule has 2 N–H and O–H groups in total. The second kappa shape index (κ2) is 9.56. The van der Waals surface area contributed by atoms with Gasteiger partial charge in [-0.25, -0.2) is 0 Å². The summed E-state index contributed by atoms with van der Waals surface area (Å²) in [6.45, 7) is 1.92. The van der Waals surface area contributed by atoms with E-state index in [-0.39, 0.29) is 23.6 Å². The Labute approximate surface area is 187 Å².